The molecule has 8 heteroatoms. The number of likely N-dealkylation sites (tertiary alicyclic amines) is 1. The lowest BCUT2D eigenvalue weighted by molar-refractivity contribution is 0.0766. The first-order valence-electron chi connectivity index (χ1n) is 11.5. The number of hydrogen-bond acceptors (Lipinski definition) is 5. The maximum absolute atomic E-state index is 13.0. The molecule has 1 aliphatic carbocycles. The van der Waals surface area contributed by atoms with Crippen molar-refractivity contribution in [2.45, 2.75) is 58.4 Å². The molecule has 8 nitrogen and oxygen atoms in total. The smallest absolute Gasteiger partial charge is 0.289 e. The van der Waals surface area contributed by atoms with Gasteiger partial charge in [0.15, 0.2) is 0 Å². The van der Waals surface area contributed by atoms with Crippen LogP contribution in [0.25, 0.3) is 0 Å². The minimum absolute atomic E-state index is 0.0656. The summed E-state index contributed by atoms with van der Waals surface area (Å²) in [5.41, 5.74) is 1.74. The highest BCUT2D eigenvalue weighted by Crippen LogP contribution is 2.41. The van der Waals surface area contributed by atoms with E-state index in [1.54, 1.807) is 6.20 Å². The van der Waals surface area contributed by atoms with Crippen LogP contribution in [-0.2, 0) is 19.4 Å². The zero-order valence-corrected chi connectivity index (χ0v) is 18.1. The molecule has 2 amide bonds. The van der Waals surface area contributed by atoms with Gasteiger partial charge in [0.2, 0.25) is 5.82 Å². The minimum Gasteiger partial charge on any atom is -0.349 e. The van der Waals surface area contributed by atoms with E-state index in [9.17, 15) is 9.59 Å². The minimum atomic E-state index is -0.118. The van der Waals surface area contributed by atoms with Crippen molar-refractivity contribution in [2.75, 3.05) is 19.6 Å². The Morgan fingerprint density at radius 3 is 2.74 bits per heavy atom. The fourth-order valence-electron chi connectivity index (χ4n) is 4.87. The molecule has 2 fully saturated rings. The molecule has 1 saturated heterocycles. The molecular formula is C23H30N6O2. The van der Waals surface area contributed by atoms with Gasteiger partial charge < -0.3 is 14.8 Å². The van der Waals surface area contributed by atoms with Gasteiger partial charge in [-0.15, -0.1) is 10.2 Å². The Morgan fingerprint density at radius 1 is 1.16 bits per heavy atom. The summed E-state index contributed by atoms with van der Waals surface area (Å²) >= 11 is 0. The number of hydrogen-bond donors (Lipinski definition) is 1. The third-order valence-electron chi connectivity index (χ3n) is 7.18. The summed E-state index contributed by atoms with van der Waals surface area (Å²) < 4.78 is 1.99. The van der Waals surface area contributed by atoms with Crippen molar-refractivity contribution in [2.24, 2.45) is 11.3 Å². The van der Waals surface area contributed by atoms with Crippen LogP contribution in [0.3, 0.4) is 0 Å². The first kappa shape index (κ1) is 20.2. The van der Waals surface area contributed by atoms with Gasteiger partial charge in [-0.25, -0.2) is 0 Å². The highest BCUT2D eigenvalue weighted by atomic mass is 16.2. The summed E-state index contributed by atoms with van der Waals surface area (Å²) in [6.45, 7) is 5.04. The summed E-state index contributed by atoms with van der Waals surface area (Å²) in [6.07, 6.45) is 8.64. The molecule has 1 saturated carbocycles. The fraction of sp³-hybridized carbons (Fsp3) is 0.609. The largest absolute Gasteiger partial charge is 0.349 e. The number of aryl methyl sites for hydroxylation is 2. The van der Waals surface area contributed by atoms with Crippen molar-refractivity contribution in [1.29, 1.82) is 0 Å². The van der Waals surface area contributed by atoms with Crippen LogP contribution in [0.2, 0.25) is 0 Å². The van der Waals surface area contributed by atoms with Crippen molar-refractivity contribution >= 4 is 11.8 Å². The zero-order valence-electron chi connectivity index (χ0n) is 18.1. The number of carbonyl (C=O) groups excluding carboxylic acids is 2. The average Bonchev–Trinajstić information content (AvgIpc) is 3.44. The monoisotopic (exact) mass is 422 g/mol. The van der Waals surface area contributed by atoms with E-state index in [0.717, 1.165) is 69.8 Å². The normalized spacial score (nSPS) is 22.9. The molecule has 3 aliphatic rings. The highest BCUT2D eigenvalue weighted by Gasteiger charge is 2.41. The molecule has 2 aliphatic heterocycles. The second kappa shape index (κ2) is 8.05. The SMILES string of the molecule is CCc1ccc(C(=O)N2CCC3(CCc4nnc(C(=O)NCC5CC5)n4CC3)C2)cn1. The second-order valence-electron chi connectivity index (χ2n) is 9.36. The van der Waals surface area contributed by atoms with Gasteiger partial charge in [-0.2, -0.15) is 0 Å². The Kier molecular flexibility index (Phi) is 5.24. The van der Waals surface area contributed by atoms with Gasteiger partial charge in [0, 0.05) is 44.5 Å². The van der Waals surface area contributed by atoms with Crippen molar-refractivity contribution in [3.8, 4) is 0 Å². The van der Waals surface area contributed by atoms with Gasteiger partial charge in [-0.05, 0) is 62.0 Å². The lowest BCUT2D eigenvalue weighted by atomic mass is 9.80. The van der Waals surface area contributed by atoms with Gasteiger partial charge in [0.25, 0.3) is 11.8 Å². The predicted molar refractivity (Wildman–Crippen MR) is 115 cm³/mol. The van der Waals surface area contributed by atoms with Gasteiger partial charge in [0.05, 0.1) is 5.56 Å². The highest BCUT2D eigenvalue weighted by molar-refractivity contribution is 5.94. The number of fused-ring (bicyclic) bond motifs is 1. The average molecular weight is 423 g/mol. The van der Waals surface area contributed by atoms with Crippen LogP contribution < -0.4 is 5.32 Å². The van der Waals surface area contributed by atoms with Crippen LogP contribution in [0.5, 0.6) is 0 Å². The number of pyridine rings is 1. The Bertz CT molecular complexity index is 980. The van der Waals surface area contributed by atoms with E-state index in [4.69, 9.17) is 0 Å². The Morgan fingerprint density at radius 2 is 2.00 bits per heavy atom. The summed E-state index contributed by atoms with van der Waals surface area (Å²) in [5.74, 6) is 1.90. The molecule has 5 rings (SSSR count). The summed E-state index contributed by atoms with van der Waals surface area (Å²) in [6, 6.07) is 3.83. The number of nitrogens with zero attached hydrogens (tertiary/aromatic N) is 5. The summed E-state index contributed by atoms with van der Waals surface area (Å²) in [4.78, 5) is 31.9. The van der Waals surface area contributed by atoms with E-state index in [2.05, 4.69) is 27.4 Å². The second-order valence-corrected chi connectivity index (χ2v) is 9.36. The molecule has 1 atom stereocenters. The molecule has 2 aromatic heterocycles. The molecule has 31 heavy (non-hydrogen) atoms. The van der Waals surface area contributed by atoms with E-state index >= 15 is 0 Å². The standard InChI is InChI=1S/C23H30N6O2/c1-2-18-6-5-17(14-24-18)22(31)28-11-9-23(15-28)8-7-19-26-27-20(29(19)12-10-23)21(30)25-13-16-3-4-16/h5-6,14,16H,2-4,7-13,15H2,1H3,(H,25,30). The van der Waals surface area contributed by atoms with E-state index in [1.807, 2.05) is 21.6 Å². The molecule has 1 spiro atoms. The zero-order chi connectivity index (χ0) is 21.4. The van der Waals surface area contributed by atoms with Gasteiger partial charge in [0.1, 0.15) is 5.82 Å². The molecule has 2 aromatic rings. The number of rotatable bonds is 5. The molecule has 0 bridgehead atoms. The maximum atomic E-state index is 13.0. The van der Waals surface area contributed by atoms with Crippen molar-refractivity contribution < 1.29 is 9.59 Å². The lowest BCUT2D eigenvalue weighted by Crippen LogP contribution is -2.33. The third kappa shape index (κ3) is 4.07. The van der Waals surface area contributed by atoms with E-state index in [0.29, 0.717) is 17.3 Å². The predicted octanol–water partition coefficient (Wildman–Crippen LogP) is 2.24. The van der Waals surface area contributed by atoms with Crippen LogP contribution in [0, 0.1) is 11.3 Å². The van der Waals surface area contributed by atoms with Crippen molar-refractivity contribution in [1.82, 2.24) is 30.0 Å². The number of nitrogens with one attached hydrogen (secondary N) is 1. The summed E-state index contributed by atoms with van der Waals surface area (Å²) in [7, 11) is 0. The van der Waals surface area contributed by atoms with E-state index < -0.39 is 0 Å². The molecule has 0 radical (unpaired) electrons. The molecule has 164 valence electrons. The van der Waals surface area contributed by atoms with Crippen LogP contribution >= 0.6 is 0 Å². The first-order chi connectivity index (χ1) is 15.1. The van der Waals surface area contributed by atoms with E-state index in [-0.39, 0.29) is 17.2 Å². The molecule has 1 N–H and O–H groups in total. The molecule has 0 aromatic carbocycles. The molecule has 4 heterocycles. The topological polar surface area (TPSA) is 93.0 Å². The van der Waals surface area contributed by atoms with Crippen LogP contribution in [0.4, 0.5) is 0 Å². The Balaban J connectivity index is 1.24. The van der Waals surface area contributed by atoms with Crippen molar-refractivity contribution in [3.05, 3.63) is 41.2 Å². The maximum Gasteiger partial charge on any atom is 0.289 e. The first-order valence-corrected chi connectivity index (χ1v) is 11.5. The Hall–Kier alpha value is -2.77. The van der Waals surface area contributed by atoms with Crippen molar-refractivity contribution in [3.63, 3.8) is 0 Å². The van der Waals surface area contributed by atoms with Gasteiger partial charge >= 0.3 is 0 Å². The van der Waals surface area contributed by atoms with Crippen LogP contribution in [0.15, 0.2) is 18.3 Å². The van der Waals surface area contributed by atoms with Crippen LogP contribution in [0.1, 0.15) is 71.5 Å². The Labute approximate surface area is 182 Å². The quantitative estimate of drug-likeness (QED) is 0.798. The number of aromatic nitrogens is 4. The van der Waals surface area contributed by atoms with E-state index in [1.165, 1.54) is 12.8 Å². The molecule has 1 unspecified atom stereocenters. The fourth-order valence-corrected chi connectivity index (χ4v) is 4.87. The lowest BCUT2D eigenvalue weighted by Gasteiger charge is -2.27. The number of amides is 2. The molecular weight excluding hydrogens is 392 g/mol. The number of carbonyl (C=O) groups is 2. The van der Waals surface area contributed by atoms with Gasteiger partial charge in [-0.1, -0.05) is 6.92 Å². The third-order valence-corrected chi connectivity index (χ3v) is 7.18. The van der Waals surface area contributed by atoms with Gasteiger partial charge in [-0.3, -0.25) is 14.6 Å². The summed E-state index contributed by atoms with van der Waals surface area (Å²) in [5, 5.41) is 11.5. The van der Waals surface area contributed by atoms with Crippen LogP contribution in [-0.4, -0.2) is 56.1 Å².